The summed E-state index contributed by atoms with van der Waals surface area (Å²) >= 11 is 0. The number of aromatic hydroxyl groups is 1. The van der Waals surface area contributed by atoms with Gasteiger partial charge in [0.15, 0.2) is 0 Å². The van der Waals surface area contributed by atoms with Crippen molar-refractivity contribution in [1.82, 2.24) is 0 Å². The van der Waals surface area contributed by atoms with E-state index in [1.165, 1.54) is 19.2 Å². The second kappa shape index (κ2) is 4.94. The van der Waals surface area contributed by atoms with Crippen molar-refractivity contribution in [2.24, 2.45) is 11.1 Å². The minimum atomic E-state index is -0.694. The van der Waals surface area contributed by atoms with Gasteiger partial charge in [0.2, 0.25) is 0 Å². The second-order valence-corrected chi connectivity index (χ2v) is 5.26. The summed E-state index contributed by atoms with van der Waals surface area (Å²) in [4.78, 5) is 0. The lowest BCUT2D eigenvalue weighted by molar-refractivity contribution is 0.0394. The Bertz CT molecular complexity index is 385. The topological polar surface area (TPSA) is 75.7 Å². The molecule has 0 spiro atoms. The maximum atomic E-state index is 10.2. The molecule has 1 aromatic rings. The van der Waals surface area contributed by atoms with Gasteiger partial charge in [-0.2, -0.15) is 0 Å². The first-order valence-corrected chi connectivity index (χ1v) is 5.58. The van der Waals surface area contributed by atoms with Crippen molar-refractivity contribution in [3.8, 4) is 11.5 Å². The SMILES string of the molecule is COc1cc(O)ccc1[C@H](N)[C@H](O)C(C)(C)C. The molecule has 2 atom stereocenters. The van der Waals surface area contributed by atoms with E-state index in [1.54, 1.807) is 6.07 Å². The molecule has 4 heteroatoms. The van der Waals surface area contributed by atoms with E-state index in [4.69, 9.17) is 10.5 Å². The molecular formula is C13H21NO3. The average molecular weight is 239 g/mol. The minimum Gasteiger partial charge on any atom is -0.508 e. The van der Waals surface area contributed by atoms with Crippen LogP contribution in [0.4, 0.5) is 0 Å². The van der Waals surface area contributed by atoms with Crippen LogP contribution in [0.15, 0.2) is 18.2 Å². The number of rotatable bonds is 3. The molecule has 0 aliphatic heterocycles. The number of hydrogen-bond acceptors (Lipinski definition) is 4. The summed E-state index contributed by atoms with van der Waals surface area (Å²) in [6.07, 6.45) is -0.694. The van der Waals surface area contributed by atoms with Crippen LogP contribution in [-0.4, -0.2) is 23.4 Å². The van der Waals surface area contributed by atoms with E-state index in [2.05, 4.69) is 0 Å². The molecule has 0 saturated carbocycles. The van der Waals surface area contributed by atoms with E-state index in [0.717, 1.165) is 0 Å². The highest BCUT2D eigenvalue weighted by atomic mass is 16.5. The van der Waals surface area contributed by atoms with Crippen LogP contribution < -0.4 is 10.5 Å². The zero-order valence-electron chi connectivity index (χ0n) is 10.8. The average Bonchev–Trinajstić information content (AvgIpc) is 2.25. The predicted molar refractivity (Wildman–Crippen MR) is 67.0 cm³/mol. The molecule has 1 aromatic carbocycles. The first-order chi connectivity index (χ1) is 7.77. The molecule has 96 valence electrons. The van der Waals surface area contributed by atoms with Crippen LogP contribution in [0.25, 0.3) is 0 Å². The van der Waals surface area contributed by atoms with E-state index in [0.29, 0.717) is 11.3 Å². The number of phenolic OH excluding ortho intramolecular Hbond substituents is 1. The summed E-state index contributed by atoms with van der Waals surface area (Å²) in [5.74, 6) is 0.601. The predicted octanol–water partition coefficient (Wildman–Crippen LogP) is 1.81. The van der Waals surface area contributed by atoms with E-state index in [-0.39, 0.29) is 11.2 Å². The van der Waals surface area contributed by atoms with Gasteiger partial charge in [-0.05, 0) is 17.5 Å². The number of hydrogen-bond donors (Lipinski definition) is 3. The van der Waals surface area contributed by atoms with Crippen LogP contribution in [0, 0.1) is 5.41 Å². The quantitative estimate of drug-likeness (QED) is 0.752. The molecule has 0 aliphatic carbocycles. The zero-order valence-corrected chi connectivity index (χ0v) is 10.8. The monoisotopic (exact) mass is 239 g/mol. The van der Waals surface area contributed by atoms with E-state index in [9.17, 15) is 10.2 Å². The molecule has 0 unspecified atom stereocenters. The fourth-order valence-electron chi connectivity index (χ4n) is 1.68. The van der Waals surface area contributed by atoms with Crippen molar-refractivity contribution in [2.75, 3.05) is 7.11 Å². The Morgan fingerprint density at radius 2 is 1.88 bits per heavy atom. The summed E-state index contributed by atoms with van der Waals surface area (Å²) < 4.78 is 5.16. The number of ether oxygens (including phenoxy) is 1. The fraction of sp³-hybridized carbons (Fsp3) is 0.538. The number of aliphatic hydroxyl groups excluding tert-OH is 1. The van der Waals surface area contributed by atoms with Crippen LogP contribution in [-0.2, 0) is 0 Å². The zero-order chi connectivity index (χ0) is 13.2. The smallest absolute Gasteiger partial charge is 0.127 e. The largest absolute Gasteiger partial charge is 0.508 e. The van der Waals surface area contributed by atoms with Crippen LogP contribution in [0.1, 0.15) is 32.4 Å². The van der Waals surface area contributed by atoms with Crippen molar-refractivity contribution >= 4 is 0 Å². The molecule has 4 N–H and O–H groups in total. The van der Waals surface area contributed by atoms with Crippen molar-refractivity contribution in [1.29, 1.82) is 0 Å². The summed E-state index contributed by atoms with van der Waals surface area (Å²) in [6, 6.07) is 4.15. The van der Waals surface area contributed by atoms with Gasteiger partial charge in [0.25, 0.3) is 0 Å². The standard InChI is InChI=1S/C13H21NO3/c1-13(2,3)12(16)11(14)9-6-5-8(15)7-10(9)17-4/h5-7,11-12,15-16H,14H2,1-4H3/t11-,12-/m0/s1. The first kappa shape index (κ1) is 13.8. The lowest BCUT2D eigenvalue weighted by Crippen LogP contribution is -2.37. The van der Waals surface area contributed by atoms with Gasteiger partial charge in [-0.15, -0.1) is 0 Å². The van der Waals surface area contributed by atoms with Crippen molar-refractivity contribution < 1.29 is 14.9 Å². The van der Waals surface area contributed by atoms with Gasteiger partial charge in [-0.1, -0.05) is 20.8 Å². The van der Waals surface area contributed by atoms with E-state index < -0.39 is 12.1 Å². The molecule has 0 radical (unpaired) electrons. The second-order valence-electron chi connectivity index (χ2n) is 5.26. The van der Waals surface area contributed by atoms with Crippen LogP contribution in [0.5, 0.6) is 11.5 Å². The summed E-state index contributed by atoms with van der Waals surface area (Å²) in [5, 5.41) is 19.5. The van der Waals surface area contributed by atoms with Gasteiger partial charge in [-0.3, -0.25) is 0 Å². The number of methoxy groups -OCH3 is 1. The number of benzene rings is 1. The minimum absolute atomic E-state index is 0.114. The highest BCUT2D eigenvalue weighted by molar-refractivity contribution is 5.42. The molecule has 0 saturated heterocycles. The Morgan fingerprint density at radius 3 is 2.35 bits per heavy atom. The molecule has 0 fully saturated rings. The first-order valence-electron chi connectivity index (χ1n) is 5.58. The van der Waals surface area contributed by atoms with Gasteiger partial charge < -0.3 is 20.7 Å². The lowest BCUT2D eigenvalue weighted by atomic mass is 9.82. The lowest BCUT2D eigenvalue weighted by Gasteiger charge is -2.31. The third kappa shape index (κ3) is 3.11. The molecular weight excluding hydrogens is 218 g/mol. The Morgan fingerprint density at radius 1 is 1.29 bits per heavy atom. The number of aliphatic hydroxyl groups is 1. The molecule has 0 heterocycles. The Hall–Kier alpha value is -1.26. The van der Waals surface area contributed by atoms with Crippen LogP contribution >= 0.6 is 0 Å². The number of phenols is 1. The Kier molecular flexibility index (Phi) is 4.01. The maximum Gasteiger partial charge on any atom is 0.127 e. The van der Waals surface area contributed by atoms with Crippen molar-refractivity contribution in [2.45, 2.75) is 32.9 Å². The van der Waals surface area contributed by atoms with E-state index >= 15 is 0 Å². The molecule has 4 nitrogen and oxygen atoms in total. The maximum absolute atomic E-state index is 10.2. The van der Waals surface area contributed by atoms with Crippen LogP contribution in [0.2, 0.25) is 0 Å². The molecule has 0 bridgehead atoms. The van der Waals surface area contributed by atoms with Gasteiger partial charge in [0.1, 0.15) is 11.5 Å². The molecule has 17 heavy (non-hydrogen) atoms. The highest BCUT2D eigenvalue weighted by Gasteiger charge is 2.30. The number of nitrogens with two attached hydrogens (primary N) is 1. The highest BCUT2D eigenvalue weighted by Crippen LogP contribution is 2.34. The van der Waals surface area contributed by atoms with Crippen molar-refractivity contribution in [3.05, 3.63) is 23.8 Å². The Balaban J connectivity index is 3.08. The van der Waals surface area contributed by atoms with Crippen molar-refractivity contribution in [3.63, 3.8) is 0 Å². The molecule has 1 rings (SSSR count). The van der Waals surface area contributed by atoms with Crippen LogP contribution in [0.3, 0.4) is 0 Å². The summed E-state index contributed by atoms with van der Waals surface area (Å²) in [5.41, 5.74) is 6.41. The molecule has 0 amide bonds. The van der Waals surface area contributed by atoms with Gasteiger partial charge in [0.05, 0.1) is 19.3 Å². The summed E-state index contributed by atoms with van der Waals surface area (Å²) in [6.45, 7) is 5.76. The Labute approximate surface area is 102 Å². The normalized spacial score (nSPS) is 15.4. The molecule has 0 aromatic heterocycles. The fourth-order valence-corrected chi connectivity index (χ4v) is 1.68. The third-order valence-electron chi connectivity index (χ3n) is 2.80. The molecule has 0 aliphatic rings. The van der Waals surface area contributed by atoms with Gasteiger partial charge in [-0.25, -0.2) is 0 Å². The van der Waals surface area contributed by atoms with Gasteiger partial charge in [0, 0.05) is 11.6 Å². The third-order valence-corrected chi connectivity index (χ3v) is 2.80. The van der Waals surface area contributed by atoms with E-state index in [1.807, 2.05) is 20.8 Å². The van der Waals surface area contributed by atoms with Gasteiger partial charge >= 0.3 is 0 Å². The summed E-state index contributed by atoms with van der Waals surface area (Å²) in [7, 11) is 1.51.